The molecule has 1 aromatic rings. The Labute approximate surface area is 128 Å². The van der Waals surface area contributed by atoms with Crippen LogP contribution in [0.4, 0.5) is 13.2 Å². The largest absolute Gasteiger partial charge is 0.493 e. The summed E-state index contributed by atoms with van der Waals surface area (Å²) in [7, 11) is 0. The molecule has 0 heterocycles. The number of ether oxygens (including phenoxy) is 1. The number of thioether (sulfide) groups is 1. The third-order valence-corrected chi connectivity index (χ3v) is 3.94. The molecule has 1 aromatic carbocycles. The Morgan fingerprint density at radius 1 is 1.33 bits per heavy atom. The smallest absolute Gasteiger partial charge is 0.416 e. The van der Waals surface area contributed by atoms with Gasteiger partial charge in [-0.15, -0.1) is 0 Å². The Bertz CT molecular complexity index is 443. The highest BCUT2D eigenvalue weighted by atomic mass is 32.2. The average molecular weight is 318 g/mol. The maximum absolute atomic E-state index is 12.5. The third kappa shape index (κ3) is 6.93. The van der Waals surface area contributed by atoms with E-state index in [2.05, 4.69) is 19.3 Å². The maximum atomic E-state index is 12.5. The zero-order chi connectivity index (χ0) is 15.7. The molecule has 0 bridgehead atoms. The Balaban J connectivity index is 2.41. The number of benzene rings is 1. The molecule has 5 heteroatoms. The zero-order valence-electron chi connectivity index (χ0n) is 12.3. The van der Waals surface area contributed by atoms with Gasteiger partial charge in [-0.25, -0.2) is 0 Å². The summed E-state index contributed by atoms with van der Waals surface area (Å²) in [5.74, 6) is 0.258. The highest BCUT2D eigenvalue weighted by Crippen LogP contribution is 2.31. The van der Waals surface area contributed by atoms with E-state index in [4.69, 9.17) is 4.74 Å². The molecule has 118 valence electrons. The van der Waals surface area contributed by atoms with Gasteiger partial charge in [0.05, 0.1) is 12.2 Å². The topological polar surface area (TPSA) is 9.23 Å². The second-order valence-corrected chi connectivity index (χ2v) is 5.73. The molecule has 0 aliphatic heterocycles. The predicted octanol–water partition coefficient (Wildman–Crippen LogP) is 5.56. The lowest BCUT2D eigenvalue weighted by molar-refractivity contribution is -0.137. The summed E-state index contributed by atoms with van der Waals surface area (Å²) in [5, 5.41) is 0.503. The first-order valence-corrected chi connectivity index (χ1v) is 8.25. The van der Waals surface area contributed by atoms with Crippen molar-refractivity contribution < 1.29 is 17.9 Å². The van der Waals surface area contributed by atoms with E-state index in [1.165, 1.54) is 6.07 Å². The van der Waals surface area contributed by atoms with Crippen molar-refractivity contribution in [3.8, 4) is 5.75 Å². The van der Waals surface area contributed by atoms with E-state index < -0.39 is 11.7 Å². The molecule has 21 heavy (non-hydrogen) atoms. The molecule has 0 spiro atoms. The van der Waals surface area contributed by atoms with Gasteiger partial charge in [0.15, 0.2) is 0 Å². The molecule has 1 atom stereocenters. The van der Waals surface area contributed by atoms with Crippen LogP contribution in [0.3, 0.4) is 0 Å². The first-order chi connectivity index (χ1) is 9.97. The molecule has 0 radical (unpaired) electrons. The Morgan fingerprint density at radius 2 is 2.10 bits per heavy atom. The quantitative estimate of drug-likeness (QED) is 0.458. The van der Waals surface area contributed by atoms with Crippen LogP contribution in [0.5, 0.6) is 5.75 Å². The van der Waals surface area contributed by atoms with Crippen LogP contribution in [0, 0.1) is 0 Å². The van der Waals surface area contributed by atoms with Crippen LogP contribution in [-0.4, -0.2) is 18.1 Å². The van der Waals surface area contributed by atoms with Gasteiger partial charge in [0.25, 0.3) is 0 Å². The van der Waals surface area contributed by atoms with Gasteiger partial charge in [0.1, 0.15) is 5.75 Å². The van der Waals surface area contributed by atoms with Crippen LogP contribution in [-0.2, 0) is 6.18 Å². The van der Waals surface area contributed by atoms with Crippen molar-refractivity contribution in [2.75, 3.05) is 12.9 Å². The fraction of sp³-hybridized carbons (Fsp3) is 0.500. The molecule has 1 rings (SSSR count). The normalized spacial score (nSPS) is 13.6. The Hall–Kier alpha value is -1.10. The Kier molecular flexibility index (Phi) is 7.72. The van der Waals surface area contributed by atoms with Crippen LogP contribution < -0.4 is 4.74 Å². The number of halogens is 3. The minimum atomic E-state index is -4.33. The average Bonchev–Trinajstić information content (AvgIpc) is 2.45. The van der Waals surface area contributed by atoms with E-state index in [0.717, 1.165) is 25.0 Å². The van der Waals surface area contributed by atoms with Gasteiger partial charge >= 0.3 is 6.18 Å². The molecule has 0 saturated carbocycles. The van der Waals surface area contributed by atoms with Crippen LogP contribution in [0.15, 0.2) is 36.4 Å². The number of hydrogen-bond donors (Lipinski definition) is 0. The van der Waals surface area contributed by atoms with Crippen LogP contribution in [0.1, 0.15) is 31.7 Å². The molecule has 0 aromatic heterocycles. The van der Waals surface area contributed by atoms with Gasteiger partial charge in [-0.3, -0.25) is 0 Å². The highest BCUT2D eigenvalue weighted by molar-refractivity contribution is 7.99. The summed E-state index contributed by atoms with van der Waals surface area (Å²) in [6.07, 6.45) is 4.88. The number of alkyl halides is 3. The molecule has 0 amide bonds. The molecular weight excluding hydrogens is 297 g/mol. The van der Waals surface area contributed by atoms with Crippen molar-refractivity contribution in [3.05, 3.63) is 42.0 Å². The zero-order valence-corrected chi connectivity index (χ0v) is 13.1. The summed E-state index contributed by atoms with van der Waals surface area (Å²) in [4.78, 5) is 0. The minimum absolute atomic E-state index is 0.258. The summed E-state index contributed by atoms with van der Waals surface area (Å²) in [6, 6.07) is 4.98. The fourth-order valence-corrected chi connectivity index (χ4v) is 2.57. The molecule has 1 unspecified atom stereocenters. The lowest BCUT2D eigenvalue weighted by Crippen LogP contribution is -2.05. The van der Waals surface area contributed by atoms with Crippen molar-refractivity contribution in [2.45, 2.75) is 37.6 Å². The Morgan fingerprint density at radius 3 is 2.71 bits per heavy atom. The summed E-state index contributed by atoms with van der Waals surface area (Å²) in [5.41, 5.74) is -0.680. The number of hydrogen-bond acceptors (Lipinski definition) is 2. The van der Waals surface area contributed by atoms with Crippen LogP contribution in [0.2, 0.25) is 0 Å². The van der Waals surface area contributed by atoms with E-state index in [9.17, 15) is 13.2 Å². The van der Waals surface area contributed by atoms with Crippen molar-refractivity contribution >= 4 is 11.8 Å². The molecule has 0 aliphatic rings. The maximum Gasteiger partial charge on any atom is 0.416 e. The second-order valence-electron chi connectivity index (χ2n) is 4.65. The SMILES string of the molecule is CCCC(/C=C/CCOc1cccc(C(F)(F)F)c1)SC. The first kappa shape index (κ1) is 18.0. The monoisotopic (exact) mass is 318 g/mol. The molecule has 0 saturated heterocycles. The fourth-order valence-electron chi connectivity index (χ4n) is 1.83. The van der Waals surface area contributed by atoms with Gasteiger partial charge in [0, 0.05) is 5.25 Å². The van der Waals surface area contributed by atoms with Gasteiger partial charge < -0.3 is 4.74 Å². The first-order valence-electron chi connectivity index (χ1n) is 6.97. The summed E-state index contributed by atoms with van der Waals surface area (Å²) in [6.45, 7) is 2.53. The number of rotatable bonds is 8. The highest BCUT2D eigenvalue weighted by Gasteiger charge is 2.30. The van der Waals surface area contributed by atoms with E-state index >= 15 is 0 Å². The summed E-state index contributed by atoms with van der Waals surface area (Å²) < 4.78 is 43.0. The van der Waals surface area contributed by atoms with Crippen molar-refractivity contribution in [1.82, 2.24) is 0 Å². The van der Waals surface area contributed by atoms with Crippen LogP contribution >= 0.6 is 11.8 Å². The van der Waals surface area contributed by atoms with Crippen molar-refractivity contribution in [1.29, 1.82) is 0 Å². The molecule has 0 N–H and O–H groups in total. The molecular formula is C16H21F3OS. The van der Waals surface area contributed by atoms with Gasteiger partial charge in [-0.2, -0.15) is 24.9 Å². The molecule has 0 fully saturated rings. The van der Waals surface area contributed by atoms with Gasteiger partial charge in [-0.1, -0.05) is 31.6 Å². The van der Waals surface area contributed by atoms with E-state index in [1.807, 2.05) is 6.08 Å². The second kappa shape index (κ2) is 9.03. The lowest BCUT2D eigenvalue weighted by Gasteiger charge is -2.10. The third-order valence-electron chi connectivity index (χ3n) is 2.94. The van der Waals surface area contributed by atoms with Crippen molar-refractivity contribution in [2.24, 2.45) is 0 Å². The van der Waals surface area contributed by atoms with E-state index in [-0.39, 0.29) is 5.75 Å². The standard InChI is InChI=1S/C16H21F3OS/c1-3-7-15(21-2)10-4-5-11-20-14-9-6-8-13(12-14)16(17,18)19/h4,6,8-10,12,15H,3,5,7,11H2,1-2H3/b10-4+. The molecule has 0 aliphatic carbocycles. The predicted molar refractivity (Wildman–Crippen MR) is 82.9 cm³/mol. The van der Waals surface area contributed by atoms with Crippen molar-refractivity contribution in [3.63, 3.8) is 0 Å². The minimum Gasteiger partial charge on any atom is -0.493 e. The van der Waals surface area contributed by atoms with Gasteiger partial charge in [0.2, 0.25) is 0 Å². The lowest BCUT2D eigenvalue weighted by atomic mass is 10.2. The van der Waals surface area contributed by atoms with Crippen LogP contribution in [0.25, 0.3) is 0 Å². The van der Waals surface area contributed by atoms with Gasteiger partial charge in [-0.05, 0) is 37.3 Å². The summed E-state index contributed by atoms with van der Waals surface area (Å²) >= 11 is 1.80. The van der Waals surface area contributed by atoms with E-state index in [1.54, 1.807) is 17.8 Å². The molecule has 1 nitrogen and oxygen atoms in total. The van der Waals surface area contributed by atoms with E-state index in [0.29, 0.717) is 18.3 Å².